The monoisotopic (exact) mass is 420 g/mol. The van der Waals surface area contributed by atoms with E-state index in [2.05, 4.69) is 19.6 Å². The molecule has 0 aromatic heterocycles. The summed E-state index contributed by atoms with van der Waals surface area (Å²) < 4.78 is 17.5. The van der Waals surface area contributed by atoms with Gasteiger partial charge in [-0.05, 0) is 60.6 Å². The third-order valence-electron chi connectivity index (χ3n) is 6.96. The van der Waals surface area contributed by atoms with Gasteiger partial charge in [0.1, 0.15) is 12.7 Å². The maximum absolute atomic E-state index is 12.8. The highest BCUT2D eigenvalue weighted by Crippen LogP contribution is 2.50. The van der Waals surface area contributed by atoms with Gasteiger partial charge in [-0.3, -0.25) is 0 Å². The van der Waals surface area contributed by atoms with Crippen molar-refractivity contribution in [2.45, 2.75) is 56.7 Å². The van der Waals surface area contributed by atoms with Crippen molar-refractivity contribution in [3.63, 3.8) is 0 Å². The fraction of sp³-hybridized carbons (Fsp3) is 0.423. The fourth-order valence-electron chi connectivity index (χ4n) is 5.01. The van der Waals surface area contributed by atoms with Crippen LogP contribution in [-0.4, -0.2) is 41.8 Å². The van der Waals surface area contributed by atoms with Crippen LogP contribution in [0.5, 0.6) is 0 Å². The van der Waals surface area contributed by atoms with E-state index in [0.717, 1.165) is 47.6 Å². The van der Waals surface area contributed by atoms with Crippen LogP contribution in [0.3, 0.4) is 0 Å². The Bertz CT molecular complexity index is 1050. The molecule has 0 spiro atoms. The van der Waals surface area contributed by atoms with Gasteiger partial charge in [0.25, 0.3) is 0 Å². The van der Waals surface area contributed by atoms with Gasteiger partial charge in [-0.2, -0.15) is 0 Å². The minimum Gasteiger partial charge on any atom is -0.458 e. The second-order valence-electron chi connectivity index (χ2n) is 9.03. The summed E-state index contributed by atoms with van der Waals surface area (Å²) in [4.78, 5) is 12.8. The molecule has 1 aliphatic carbocycles. The molecule has 1 unspecified atom stereocenters. The lowest BCUT2D eigenvalue weighted by Crippen LogP contribution is -2.29. The molecule has 0 bridgehead atoms. The third kappa shape index (κ3) is 3.82. The highest BCUT2D eigenvalue weighted by Gasteiger charge is 2.60. The van der Waals surface area contributed by atoms with E-state index in [9.17, 15) is 9.90 Å². The zero-order valence-electron chi connectivity index (χ0n) is 17.8. The maximum atomic E-state index is 12.8. The summed E-state index contributed by atoms with van der Waals surface area (Å²) in [6, 6.07) is 13.5. The Balaban J connectivity index is 1.30. The lowest BCUT2D eigenvalue weighted by atomic mass is 9.84. The first-order chi connectivity index (χ1) is 15.0. The van der Waals surface area contributed by atoms with Crippen molar-refractivity contribution in [3.05, 3.63) is 71.8 Å². The third-order valence-corrected chi connectivity index (χ3v) is 6.96. The number of ether oxygens (including phenoxy) is 3. The van der Waals surface area contributed by atoms with Gasteiger partial charge >= 0.3 is 5.97 Å². The van der Waals surface area contributed by atoms with E-state index in [1.807, 2.05) is 42.5 Å². The zero-order chi connectivity index (χ0) is 21.6. The fourth-order valence-corrected chi connectivity index (χ4v) is 5.01. The van der Waals surface area contributed by atoms with Crippen molar-refractivity contribution >= 4 is 16.7 Å². The van der Waals surface area contributed by atoms with Gasteiger partial charge in [0.05, 0.1) is 17.3 Å². The molecule has 31 heavy (non-hydrogen) atoms. The molecule has 162 valence electrons. The van der Waals surface area contributed by atoms with Crippen molar-refractivity contribution in [1.29, 1.82) is 0 Å². The van der Waals surface area contributed by atoms with E-state index < -0.39 is 6.29 Å². The second-order valence-corrected chi connectivity index (χ2v) is 9.03. The highest BCUT2D eigenvalue weighted by atomic mass is 16.7. The van der Waals surface area contributed by atoms with Crippen LogP contribution in [0.2, 0.25) is 0 Å². The van der Waals surface area contributed by atoms with Crippen LogP contribution < -0.4 is 0 Å². The molecule has 5 heteroatoms. The lowest BCUT2D eigenvalue weighted by Gasteiger charge is -2.20. The number of carbonyl (C=O) groups excluding carboxylic acids is 1. The number of aliphatic hydroxyl groups is 1. The summed E-state index contributed by atoms with van der Waals surface area (Å²) in [6.45, 7) is 6.41. The number of benzene rings is 2. The minimum atomic E-state index is -0.930. The number of carbonyl (C=O) groups is 1. The average Bonchev–Trinajstić information content (AvgIpc) is 3.37. The van der Waals surface area contributed by atoms with Crippen LogP contribution >= 0.6 is 0 Å². The summed E-state index contributed by atoms with van der Waals surface area (Å²) in [7, 11) is 0. The molecule has 2 aromatic carbocycles. The summed E-state index contributed by atoms with van der Waals surface area (Å²) in [6.07, 6.45) is 4.37. The first-order valence-corrected chi connectivity index (χ1v) is 11.0. The number of aliphatic hydroxyl groups excluding tert-OH is 1. The molecule has 2 aliphatic heterocycles. The van der Waals surface area contributed by atoms with Crippen LogP contribution in [0, 0.1) is 5.92 Å². The predicted octanol–water partition coefficient (Wildman–Crippen LogP) is 4.54. The van der Waals surface area contributed by atoms with Crippen molar-refractivity contribution < 1.29 is 24.1 Å². The van der Waals surface area contributed by atoms with Crippen LogP contribution in [0.4, 0.5) is 0 Å². The quantitative estimate of drug-likeness (QED) is 0.448. The van der Waals surface area contributed by atoms with Crippen LogP contribution in [0.1, 0.15) is 43.0 Å². The molecule has 2 aromatic rings. The molecule has 0 radical (unpaired) electrons. The largest absolute Gasteiger partial charge is 0.458 e. The predicted molar refractivity (Wildman–Crippen MR) is 118 cm³/mol. The summed E-state index contributed by atoms with van der Waals surface area (Å²) in [5.74, 6) is -0.272. The van der Waals surface area contributed by atoms with E-state index >= 15 is 0 Å². The SMILES string of the molecule is C=C1C(O)O[C@H]2[C@H]1CC/C(COC(=O)c1cccc3ccccc13)=C\CC[C@@]1(C)O[C@@H]21. The molecule has 2 fully saturated rings. The minimum absolute atomic E-state index is 0.00513. The smallest absolute Gasteiger partial charge is 0.339 e. The molecule has 5 rings (SSSR count). The van der Waals surface area contributed by atoms with Gasteiger partial charge in [-0.1, -0.05) is 49.1 Å². The van der Waals surface area contributed by atoms with Crippen LogP contribution in [0.15, 0.2) is 66.3 Å². The Kier molecular flexibility index (Phi) is 5.21. The molecule has 1 N–H and O–H groups in total. The van der Waals surface area contributed by atoms with Crippen LogP contribution in [0.25, 0.3) is 10.8 Å². The van der Waals surface area contributed by atoms with Crippen LogP contribution in [-0.2, 0) is 14.2 Å². The Morgan fingerprint density at radius 2 is 2.06 bits per heavy atom. The number of fused-ring (bicyclic) bond motifs is 4. The van der Waals surface area contributed by atoms with Crippen molar-refractivity contribution in [1.82, 2.24) is 0 Å². The van der Waals surface area contributed by atoms with E-state index in [4.69, 9.17) is 14.2 Å². The topological polar surface area (TPSA) is 68.3 Å². The van der Waals surface area contributed by atoms with E-state index in [1.54, 1.807) is 0 Å². The number of hydrogen-bond acceptors (Lipinski definition) is 5. The summed E-state index contributed by atoms with van der Waals surface area (Å²) in [5, 5.41) is 12.1. The maximum Gasteiger partial charge on any atom is 0.339 e. The number of esters is 1. The molecule has 5 atom stereocenters. The molecule has 2 heterocycles. The average molecular weight is 421 g/mol. The molecule has 5 nitrogen and oxygen atoms in total. The number of rotatable bonds is 3. The molecule has 3 aliphatic rings. The molecule has 0 saturated carbocycles. The first kappa shape index (κ1) is 20.4. The molecular formula is C26H28O5. The van der Waals surface area contributed by atoms with Crippen molar-refractivity contribution in [3.8, 4) is 0 Å². The van der Waals surface area contributed by atoms with Gasteiger partial charge in [0.15, 0.2) is 6.29 Å². The molecular weight excluding hydrogens is 392 g/mol. The number of hydrogen-bond donors (Lipinski definition) is 1. The van der Waals surface area contributed by atoms with Gasteiger partial charge in [0.2, 0.25) is 0 Å². The Morgan fingerprint density at radius 1 is 1.26 bits per heavy atom. The summed E-state index contributed by atoms with van der Waals surface area (Å²) >= 11 is 0. The van der Waals surface area contributed by atoms with Crippen molar-refractivity contribution in [2.24, 2.45) is 5.92 Å². The first-order valence-electron chi connectivity index (χ1n) is 11.0. The molecule has 0 amide bonds. The Labute approximate surface area is 182 Å². The standard InChI is InChI=1S/C26H28O5/c1-16-19-13-12-17(7-6-14-26(2)23(31-26)22(19)30-24(16)27)15-29-25(28)21-11-5-9-18-8-3-4-10-20(18)21/h3-5,7-11,19,22-24,27H,1,6,12-15H2,2H3/b17-7+/t19-,22-,23-,24?,26+/m0/s1. The number of allylic oxidation sites excluding steroid dienone is 1. The lowest BCUT2D eigenvalue weighted by molar-refractivity contribution is -0.0873. The zero-order valence-corrected chi connectivity index (χ0v) is 17.8. The van der Waals surface area contributed by atoms with E-state index in [0.29, 0.717) is 5.56 Å². The van der Waals surface area contributed by atoms with E-state index in [1.165, 1.54) is 0 Å². The summed E-state index contributed by atoms with van der Waals surface area (Å²) in [5.41, 5.74) is 2.16. The Hall–Kier alpha value is -2.47. The van der Waals surface area contributed by atoms with Gasteiger partial charge < -0.3 is 19.3 Å². The highest BCUT2D eigenvalue weighted by molar-refractivity contribution is 6.04. The normalized spacial score (nSPS) is 34.4. The van der Waals surface area contributed by atoms with Gasteiger partial charge in [0, 0.05) is 5.92 Å². The van der Waals surface area contributed by atoms with Crippen molar-refractivity contribution in [2.75, 3.05) is 6.61 Å². The molecule has 2 saturated heterocycles. The Morgan fingerprint density at radius 3 is 2.94 bits per heavy atom. The second kappa shape index (κ2) is 7.90. The van der Waals surface area contributed by atoms with E-state index in [-0.39, 0.29) is 36.3 Å². The van der Waals surface area contributed by atoms with Gasteiger partial charge in [-0.25, -0.2) is 4.79 Å². The van der Waals surface area contributed by atoms with Gasteiger partial charge in [-0.15, -0.1) is 0 Å². The number of epoxide rings is 1.